The number of ether oxygens (including phenoxy) is 3. The third kappa shape index (κ3) is 18.4. The van der Waals surface area contributed by atoms with Gasteiger partial charge in [-0.1, -0.05) is 163 Å². The normalized spacial score (nSPS) is 14.0. The van der Waals surface area contributed by atoms with Crippen molar-refractivity contribution in [2.24, 2.45) is 24.9 Å². The predicted molar refractivity (Wildman–Crippen MR) is 409 cm³/mol. The van der Waals surface area contributed by atoms with Gasteiger partial charge in [-0.3, -0.25) is 0 Å². The minimum Gasteiger partial charge on any atom is -0.493 e. The highest BCUT2D eigenvalue weighted by atomic mass is 16.5. The first kappa shape index (κ1) is 73.7. The number of nitrogens with zero attached hydrogens (tertiary/aromatic N) is 7. The molecular formula is C88H117N7O3+4. The van der Waals surface area contributed by atoms with Crippen LogP contribution in [0.25, 0.3) is 22.5 Å². The van der Waals surface area contributed by atoms with Crippen LogP contribution in [0.15, 0.2) is 176 Å². The zero-order chi connectivity index (χ0) is 69.9. The summed E-state index contributed by atoms with van der Waals surface area (Å²) in [5.74, 6) is 3.43. The minimum atomic E-state index is 0.310. The fraction of sp³-hybridized carbons (Fsp3) is 0.432. The third-order valence-electron chi connectivity index (χ3n) is 19.0. The molecular weight excluding hydrogens is 1200 g/mol. The molecule has 0 amide bonds. The van der Waals surface area contributed by atoms with Crippen molar-refractivity contribution in [3.05, 3.63) is 216 Å². The zero-order valence-corrected chi connectivity index (χ0v) is 62.7. The Morgan fingerprint density at radius 3 is 1.36 bits per heavy atom. The highest BCUT2D eigenvalue weighted by molar-refractivity contribution is 5.97. The van der Waals surface area contributed by atoms with E-state index in [2.05, 4.69) is 296 Å². The summed E-state index contributed by atoms with van der Waals surface area (Å²) in [5, 5.41) is 0. The number of unbranched alkanes of at least 4 members (excludes halogenated alkanes) is 3. The van der Waals surface area contributed by atoms with Gasteiger partial charge < -0.3 is 28.9 Å². The molecule has 5 aliphatic heterocycles. The molecule has 0 saturated heterocycles. The number of hydrogen-bond donors (Lipinski definition) is 0. The number of fused-ring (bicyclic) bond motifs is 8. The van der Waals surface area contributed by atoms with Crippen molar-refractivity contribution in [3.8, 4) is 45.5 Å². The van der Waals surface area contributed by atoms with Crippen molar-refractivity contribution in [1.29, 1.82) is 0 Å². The van der Waals surface area contributed by atoms with E-state index in [1.165, 1.54) is 117 Å². The summed E-state index contributed by atoms with van der Waals surface area (Å²) in [6.45, 7) is 38.0. The van der Waals surface area contributed by atoms with E-state index < -0.39 is 0 Å². The molecule has 0 radical (unpaired) electrons. The number of benzene rings is 5. The Kier molecular flexibility index (Phi) is 26.2. The van der Waals surface area contributed by atoms with Crippen LogP contribution in [0.4, 0.5) is 34.1 Å². The van der Waals surface area contributed by atoms with Gasteiger partial charge in [0.25, 0.3) is 11.4 Å². The van der Waals surface area contributed by atoms with Crippen LogP contribution in [0, 0.1) is 31.6 Å². The molecule has 5 aromatic carbocycles. The Hall–Kier alpha value is -8.50. The van der Waals surface area contributed by atoms with Gasteiger partial charge in [0, 0.05) is 107 Å². The lowest BCUT2D eigenvalue weighted by Gasteiger charge is -2.52. The largest absolute Gasteiger partial charge is 0.493 e. The monoisotopic (exact) mass is 1320 g/mol. The quantitative estimate of drug-likeness (QED) is 0.0710. The van der Waals surface area contributed by atoms with E-state index in [0.29, 0.717) is 10.8 Å². The van der Waals surface area contributed by atoms with Gasteiger partial charge in [-0.15, -0.1) is 0 Å². The highest BCUT2D eigenvalue weighted by Gasteiger charge is 2.43. The summed E-state index contributed by atoms with van der Waals surface area (Å²) in [6.07, 6.45) is 19.2. The van der Waals surface area contributed by atoms with Crippen LogP contribution in [-0.2, 0) is 52.9 Å². The van der Waals surface area contributed by atoms with Crippen LogP contribution in [0.5, 0.6) is 23.0 Å². The fourth-order valence-electron chi connectivity index (χ4n) is 13.8. The van der Waals surface area contributed by atoms with Crippen molar-refractivity contribution in [1.82, 2.24) is 0 Å². The van der Waals surface area contributed by atoms with E-state index in [9.17, 15) is 0 Å². The fourth-order valence-corrected chi connectivity index (χ4v) is 13.8. The molecule has 0 saturated carbocycles. The molecule has 0 fully saturated rings. The maximum atomic E-state index is 6.28. The Morgan fingerprint density at radius 2 is 0.888 bits per heavy atom. The molecule has 0 spiro atoms. The van der Waals surface area contributed by atoms with Gasteiger partial charge in [0.05, 0.1) is 47.3 Å². The number of rotatable bonds is 16. The molecule has 0 atom stereocenters. The van der Waals surface area contributed by atoms with E-state index in [1.54, 1.807) is 0 Å². The molecule has 4 aromatic heterocycles. The van der Waals surface area contributed by atoms with Crippen molar-refractivity contribution in [2.45, 2.75) is 193 Å². The Balaban J connectivity index is 0.000000151. The second kappa shape index (κ2) is 34.8. The second-order valence-electron chi connectivity index (χ2n) is 29.0. The molecule has 10 nitrogen and oxygen atoms in total. The van der Waals surface area contributed by atoms with Gasteiger partial charge in [0.15, 0.2) is 46.7 Å². The molecule has 0 N–H and O–H groups in total. The van der Waals surface area contributed by atoms with Gasteiger partial charge >= 0.3 is 0 Å². The van der Waals surface area contributed by atoms with Crippen molar-refractivity contribution < 1.29 is 32.5 Å². The van der Waals surface area contributed by atoms with Gasteiger partial charge in [-0.25, -0.2) is 9.13 Å². The molecule has 10 heteroatoms. The van der Waals surface area contributed by atoms with E-state index >= 15 is 0 Å². The van der Waals surface area contributed by atoms with Crippen LogP contribution in [0.2, 0.25) is 0 Å². The molecule has 9 heterocycles. The summed E-state index contributed by atoms with van der Waals surface area (Å²) in [6, 6.07) is 58.8. The Morgan fingerprint density at radius 1 is 0.449 bits per heavy atom. The SMILES string of the molecule is CC1(C)Cc2ccc3c4c2N(C1)c1ccccc1N4CC(C)(C)C3.CCC.CCC.CCCCOc1ccc2c(c1)Oc1cc(OCCCC)ccc1N2CCCC.Cc1cc(-c2cc(C)[n+](C)c(CCCc3ccccc3)c2)cc(C)[n+]1C.c1cc[n+]2c(c1)-c1cccc[n+]1CC2. The van der Waals surface area contributed by atoms with E-state index in [-0.39, 0.29) is 0 Å². The molecule has 0 aliphatic carbocycles. The van der Waals surface area contributed by atoms with Crippen LogP contribution in [-0.4, -0.2) is 32.8 Å². The van der Waals surface area contributed by atoms with Gasteiger partial charge in [-0.2, -0.15) is 9.13 Å². The van der Waals surface area contributed by atoms with E-state index in [4.69, 9.17) is 14.2 Å². The number of hydrogen-bond acceptors (Lipinski definition) is 6. The summed E-state index contributed by atoms with van der Waals surface area (Å²) in [5.41, 5.74) is 23.5. The number of pyridine rings is 4. The third-order valence-corrected chi connectivity index (χ3v) is 19.0. The standard InChI is InChI=1S/C24H30N2.C24H33NO3.C22H26N2.C12H12N2.2C3H8/c1-18-14-22(15-19(2)25(18)4)23-16-20(3)26(5)24(17-23)13-9-12-21-10-7-6-8-11-21;1-4-7-14-25-21-12-10-19(26-15-8-5-2)17-23(21)28-24-18-20(11-13-22(24)25)27-16-9-6-3;1-21(2)11-15-9-10-16-12-22(3,4)14-24-18-8-6-5-7-17(18)23(13-21)19(15)20(16)24;1-3-7-13-9-10-14-8-4-2-6-12(14)11(13)5-1;2*1-3-2/h6-8,10-11,14-17H,9,12-13H2,1-5H3;10-13,17-18H,4-9,14-16H2,1-3H3;5-10H,11-14H2,1-4H3;1-8H,9-10H2;2*3H2,1-2H3/q+2;;;+2;;. The first-order valence-electron chi connectivity index (χ1n) is 37.1. The smallest absolute Gasteiger partial charge is 0.277 e. The maximum Gasteiger partial charge on any atom is 0.277 e. The van der Waals surface area contributed by atoms with E-state index in [0.717, 1.165) is 132 Å². The molecule has 98 heavy (non-hydrogen) atoms. The van der Waals surface area contributed by atoms with Crippen LogP contribution >= 0.6 is 0 Å². The van der Waals surface area contributed by atoms with Crippen molar-refractivity contribution >= 4 is 34.1 Å². The minimum absolute atomic E-state index is 0.310. The van der Waals surface area contributed by atoms with Crippen molar-refractivity contribution in [3.63, 3.8) is 0 Å². The number of para-hydroxylation sites is 2. The van der Waals surface area contributed by atoms with Gasteiger partial charge in [0.2, 0.25) is 13.1 Å². The lowest BCUT2D eigenvalue weighted by Crippen LogP contribution is -2.52. The lowest BCUT2D eigenvalue weighted by molar-refractivity contribution is -0.794. The predicted octanol–water partition coefficient (Wildman–Crippen LogP) is 20.4. The molecule has 9 aromatic rings. The first-order valence-corrected chi connectivity index (χ1v) is 37.1. The van der Waals surface area contributed by atoms with Crippen LogP contribution < -0.4 is 47.2 Å². The van der Waals surface area contributed by atoms with Gasteiger partial charge in [0.1, 0.15) is 25.6 Å². The highest BCUT2D eigenvalue weighted by Crippen LogP contribution is 2.58. The maximum absolute atomic E-state index is 6.28. The number of aryl methyl sites for hydroxylation is 7. The summed E-state index contributed by atoms with van der Waals surface area (Å²) >= 11 is 0. The Labute approximate surface area is 590 Å². The summed E-state index contributed by atoms with van der Waals surface area (Å²) in [4.78, 5) is 7.55. The number of anilines is 6. The molecule has 5 aliphatic rings. The average molecular weight is 1320 g/mol. The Bertz CT molecular complexity index is 3860. The first-order chi connectivity index (χ1) is 47.3. The topological polar surface area (TPSA) is 52.9 Å². The zero-order valence-electron chi connectivity index (χ0n) is 62.7. The van der Waals surface area contributed by atoms with Gasteiger partial charge in [-0.05, 0) is 132 Å². The lowest BCUT2D eigenvalue weighted by atomic mass is 9.75. The molecule has 14 rings (SSSR count). The molecule has 518 valence electrons. The average Bonchev–Trinajstić information content (AvgIpc) is 0.710. The van der Waals surface area contributed by atoms with Crippen LogP contribution in [0.1, 0.15) is 173 Å². The number of aromatic nitrogens is 4. The summed E-state index contributed by atoms with van der Waals surface area (Å²) < 4.78 is 27.2. The summed E-state index contributed by atoms with van der Waals surface area (Å²) in [7, 11) is 4.30. The van der Waals surface area contributed by atoms with Crippen molar-refractivity contribution in [2.75, 3.05) is 47.5 Å². The van der Waals surface area contributed by atoms with Crippen LogP contribution in [0.3, 0.4) is 0 Å². The molecule has 0 unspecified atom stereocenters. The molecule has 0 bridgehead atoms. The van der Waals surface area contributed by atoms with E-state index in [1.807, 2.05) is 24.3 Å². The second-order valence-corrected chi connectivity index (χ2v) is 29.0.